The number of rotatable bonds is 0. The molecule has 0 amide bonds. The molecule has 0 bridgehead atoms. The molecule has 0 spiro atoms. The number of aryl methyl sites for hydroxylation is 1. The van der Waals surface area contributed by atoms with Crippen molar-refractivity contribution in [2.75, 3.05) is 0 Å². The number of aromatic amines is 1. The third-order valence-electron chi connectivity index (χ3n) is 2.77. The van der Waals surface area contributed by atoms with Gasteiger partial charge in [0.25, 0.3) is 0 Å². The molecule has 0 radical (unpaired) electrons. The first-order valence-electron chi connectivity index (χ1n) is 4.85. The molecular formula is C12H11NO. The Kier molecular flexibility index (Phi) is 1.45. The molecule has 0 unspecified atom stereocenters. The van der Waals surface area contributed by atoms with Gasteiger partial charge in [-0.1, -0.05) is 18.2 Å². The summed E-state index contributed by atoms with van der Waals surface area (Å²) in [5.41, 5.74) is 3.26. The Morgan fingerprint density at radius 2 is 2.07 bits per heavy atom. The van der Waals surface area contributed by atoms with E-state index in [0.717, 1.165) is 35.0 Å². The summed E-state index contributed by atoms with van der Waals surface area (Å²) < 4.78 is 0. The van der Waals surface area contributed by atoms with Crippen LogP contribution in [0.2, 0.25) is 0 Å². The van der Waals surface area contributed by atoms with Gasteiger partial charge in [0.15, 0.2) is 0 Å². The summed E-state index contributed by atoms with van der Waals surface area (Å²) in [6, 6.07) is 8.09. The topological polar surface area (TPSA) is 36.0 Å². The number of aliphatic hydroxyl groups is 1. The number of H-pyrrole nitrogens is 1. The van der Waals surface area contributed by atoms with Crippen LogP contribution in [0.1, 0.15) is 17.7 Å². The number of para-hydroxylation sites is 1. The summed E-state index contributed by atoms with van der Waals surface area (Å²) >= 11 is 0. The minimum atomic E-state index is 0.420. The maximum atomic E-state index is 9.79. The predicted octanol–water partition coefficient (Wildman–Crippen LogP) is 3.01. The molecule has 1 aliphatic rings. The zero-order valence-electron chi connectivity index (χ0n) is 7.75. The van der Waals surface area contributed by atoms with Gasteiger partial charge in [-0.05, 0) is 25.0 Å². The van der Waals surface area contributed by atoms with Crippen molar-refractivity contribution < 1.29 is 5.11 Å². The minimum Gasteiger partial charge on any atom is -0.508 e. The van der Waals surface area contributed by atoms with E-state index in [9.17, 15) is 5.11 Å². The van der Waals surface area contributed by atoms with Crippen LogP contribution in [0, 0.1) is 0 Å². The first-order valence-corrected chi connectivity index (χ1v) is 4.85. The van der Waals surface area contributed by atoms with Crippen molar-refractivity contribution in [2.24, 2.45) is 0 Å². The van der Waals surface area contributed by atoms with E-state index in [1.54, 1.807) is 0 Å². The van der Waals surface area contributed by atoms with E-state index in [1.165, 1.54) is 0 Å². The molecule has 0 saturated carbocycles. The molecule has 2 heteroatoms. The van der Waals surface area contributed by atoms with Crippen molar-refractivity contribution in [1.29, 1.82) is 0 Å². The van der Waals surface area contributed by atoms with Crippen LogP contribution in [0.5, 0.6) is 0 Å². The first-order chi connectivity index (χ1) is 6.86. The monoisotopic (exact) mass is 185 g/mol. The number of aromatic nitrogens is 1. The second kappa shape index (κ2) is 2.64. The number of aliphatic hydroxyl groups excluding tert-OH is 1. The lowest BCUT2D eigenvalue weighted by Crippen LogP contribution is -1.96. The van der Waals surface area contributed by atoms with Gasteiger partial charge in [0.05, 0.1) is 0 Å². The molecule has 0 atom stereocenters. The van der Waals surface area contributed by atoms with Gasteiger partial charge in [-0.15, -0.1) is 0 Å². The SMILES string of the molecule is OC1=CCCc2[nH]c3ccccc3c21. The van der Waals surface area contributed by atoms with Gasteiger partial charge < -0.3 is 10.1 Å². The summed E-state index contributed by atoms with van der Waals surface area (Å²) in [7, 11) is 0. The van der Waals surface area contributed by atoms with Gasteiger partial charge in [-0.2, -0.15) is 0 Å². The van der Waals surface area contributed by atoms with Crippen LogP contribution >= 0.6 is 0 Å². The highest BCUT2D eigenvalue weighted by molar-refractivity contribution is 5.93. The second-order valence-corrected chi connectivity index (χ2v) is 3.65. The second-order valence-electron chi connectivity index (χ2n) is 3.65. The van der Waals surface area contributed by atoms with Gasteiger partial charge in [-0.3, -0.25) is 0 Å². The fourth-order valence-electron chi connectivity index (χ4n) is 2.13. The van der Waals surface area contributed by atoms with Gasteiger partial charge in [0, 0.05) is 22.2 Å². The molecule has 0 aliphatic heterocycles. The Morgan fingerprint density at radius 1 is 1.21 bits per heavy atom. The molecule has 3 rings (SSSR count). The highest BCUT2D eigenvalue weighted by Gasteiger charge is 2.16. The van der Waals surface area contributed by atoms with Crippen LogP contribution < -0.4 is 0 Å². The highest BCUT2D eigenvalue weighted by atomic mass is 16.3. The Morgan fingerprint density at radius 3 is 3.00 bits per heavy atom. The van der Waals surface area contributed by atoms with Crippen LogP contribution in [0.15, 0.2) is 30.3 Å². The maximum Gasteiger partial charge on any atom is 0.121 e. The van der Waals surface area contributed by atoms with E-state index in [-0.39, 0.29) is 0 Å². The normalized spacial score (nSPS) is 15.3. The predicted molar refractivity (Wildman–Crippen MR) is 57.2 cm³/mol. The lowest BCUT2D eigenvalue weighted by molar-refractivity contribution is 0.506. The van der Waals surface area contributed by atoms with E-state index in [0.29, 0.717) is 5.76 Å². The number of benzene rings is 1. The maximum absolute atomic E-state index is 9.79. The zero-order chi connectivity index (χ0) is 9.54. The molecule has 14 heavy (non-hydrogen) atoms. The number of allylic oxidation sites excluding steroid dienone is 1. The number of nitrogens with one attached hydrogen (secondary N) is 1. The Bertz CT molecular complexity index is 522. The number of fused-ring (bicyclic) bond motifs is 3. The molecule has 2 aromatic rings. The van der Waals surface area contributed by atoms with Gasteiger partial charge in [0.1, 0.15) is 5.76 Å². The molecule has 2 N–H and O–H groups in total. The average molecular weight is 185 g/mol. The number of hydrogen-bond acceptors (Lipinski definition) is 1. The largest absolute Gasteiger partial charge is 0.508 e. The Labute approximate surface area is 81.9 Å². The summed E-state index contributed by atoms with van der Waals surface area (Å²) in [6.07, 6.45) is 3.81. The standard InChI is InChI=1S/C12H11NO/c14-11-7-3-6-10-12(11)8-4-1-2-5-9(8)13-10/h1-2,4-5,7,13-14H,3,6H2. The van der Waals surface area contributed by atoms with Crippen LogP contribution in [-0.2, 0) is 6.42 Å². The summed E-state index contributed by atoms with van der Waals surface area (Å²) in [4.78, 5) is 3.35. The summed E-state index contributed by atoms with van der Waals surface area (Å²) in [6.45, 7) is 0. The molecule has 70 valence electrons. The van der Waals surface area contributed by atoms with E-state index < -0.39 is 0 Å². The van der Waals surface area contributed by atoms with E-state index in [2.05, 4.69) is 4.98 Å². The fourth-order valence-corrected chi connectivity index (χ4v) is 2.13. The van der Waals surface area contributed by atoms with Gasteiger partial charge in [-0.25, -0.2) is 0 Å². The van der Waals surface area contributed by atoms with E-state index in [4.69, 9.17) is 0 Å². The lowest BCUT2D eigenvalue weighted by atomic mass is 10.0. The molecule has 1 heterocycles. The van der Waals surface area contributed by atoms with Gasteiger partial charge in [0.2, 0.25) is 0 Å². The lowest BCUT2D eigenvalue weighted by Gasteiger charge is -2.08. The molecule has 1 aliphatic carbocycles. The van der Waals surface area contributed by atoms with Crippen molar-refractivity contribution in [2.45, 2.75) is 12.8 Å². The van der Waals surface area contributed by atoms with Crippen molar-refractivity contribution in [1.82, 2.24) is 4.98 Å². The number of hydrogen-bond donors (Lipinski definition) is 2. The molecule has 1 aromatic heterocycles. The first kappa shape index (κ1) is 7.68. The minimum absolute atomic E-state index is 0.420. The van der Waals surface area contributed by atoms with Crippen LogP contribution in [-0.4, -0.2) is 10.1 Å². The molecule has 2 nitrogen and oxygen atoms in total. The van der Waals surface area contributed by atoms with E-state index >= 15 is 0 Å². The quantitative estimate of drug-likeness (QED) is 0.650. The van der Waals surface area contributed by atoms with Crippen molar-refractivity contribution in [3.8, 4) is 0 Å². The van der Waals surface area contributed by atoms with Crippen molar-refractivity contribution >= 4 is 16.7 Å². The van der Waals surface area contributed by atoms with Crippen LogP contribution in [0.4, 0.5) is 0 Å². The Balaban J connectivity index is 2.42. The third kappa shape index (κ3) is 0.909. The summed E-state index contributed by atoms with van der Waals surface area (Å²) in [5.74, 6) is 0.420. The summed E-state index contributed by atoms with van der Waals surface area (Å²) in [5, 5.41) is 10.9. The third-order valence-corrected chi connectivity index (χ3v) is 2.77. The Hall–Kier alpha value is -1.70. The van der Waals surface area contributed by atoms with Gasteiger partial charge >= 0.3 is 0 Å². The van der Waals surface area contributed by atoms with E-state index in [1.807, 2.05) is 30.3 Å². The van der Waals surface area contributed by atoms with Crippen molar-refractivity contribution in [3.05, 3.63) is 41.6 Å². The zero-order valence-corrected chi connectivity index (χ0v) is 7.75. The smallest absolute Gasteiger partial charge is 0.121 e. The molecule has 1 aromatic carbocycles. The van der Waals surface area contributed by atoms with Crippen LogP contribution in [0.3, 0.4) is 0 Å². The molecule has 0 saturated heterocycles. The highest BCUT2D eigenvalue weighted by Crippen LogP contribution is 2.31. The van der Waals surface area contributed by atoms with Crippen LogP contribution in [0.25, 0.3) is 16.7 Å². The molecule has 0 fully saturated rings. The van der Waals surface area contributed by atoms with Crippen molar-refractivity contribution in [3.63, 3.8) is 0 Å². The fraction of sp³-hybridized carbons (Fsp3) is 0.167. The molecular weight excluding hydrogens is 174 g/mol. The average Bonchev–Trinajstić information content (AvgIpc) is 2.57.